The molecule has 0 fully saturated rings. The van der Waals surface area contributed by atoms with Crippen molar-refractivity contribution in [2.45, 2.75) is 44.7 Å². The zero-order chi connectivity index (χ0) is 20.7. The minimum absolute atomic E-state index is 0.0532. The van der Waals surface area contributed by atoms with Gasteiger partial charge in [0.1, 0.15) is 5.52 Å². The molecule has 3 aromatic rings. The van der Waals surface area contributed by atoms with Crippen molar-refractivity contribution in [3.05, 3.63) is 54.0 Å². The van der Waals surface area contributed by atoms with Crippen LogP contribution in [0.1, 0.15) is 32.0 Å². The second kappa shape index (κ2) is 6.90. The van der Waals surface area contributed by atoms with E-state index in [0.717, 1.165) is 9.54 Å². The highest BCUT2D eigenvalue weighted by Crippen LogP contribution is 2.22. The summed E-state index contributed by atoms with van der Waals surface area (Å²) in [5.41, 5.74) is 1.37. The number of rotatable bonds is 4. The van der Waals surface area contributed by atoms with Gasteiger partial charge in [-0.25, -0.2) is 27.2 Å². The molecular formula is C19H22N4O4S. The van der Waals surface area contributed by atoms with Gasteiger partial charge in [-0.2, -0.15) is 0 Å². The van der Waals surface area contributed by atoms with Crippen molar-refractivity contribution < 1.29 is 18.3 Å². The third kappa shape index (κ3) is 3.70. The van der Waals surface area contributed by atoms with Gasteiger partial charge < -0.3 is 5.11 Å². The number of hydrogen-bond acceptors (Lipinski definition) is 5. The van der Waals surface area contributed by atoms with Gasteiger partial charge in [0.05, 0.1) is 23.3 Å². The lowest BCUT2D eigenvalue weighted by Gasteiger charge is -2.32. The number of nitrogens with zero attached hydrogens (tertiary/aromatic N) is 4. The fourth-order valence-electron chi connectivity index (χ4n) is 2.77. The number of carboxylic acid groups (broad SMARTS) is 1. The standard InChI is InChI=1S/C19H22N4O4S/c1-13-5-7-15(8-6-13)28(26,27)23-10-9-16-17(23)20-11-14(21-16)12-22(18(24)25)19(2,3)4/h5-11H,12H2,1-4H3,(H,24,25). The molecule has 0 aliphatic carbocycles. The lowest BCUT2D eigenvalue weighted by molar-refractivity contribution is 0.0947. The maximum Gasteiger partial charge on any atom is 0.408 e. The Morgan fingerprint density at radius 1 is 1.18 bits per heavy atom. The first-order valence-corrected chi connectivity index (χ1v) is 10.1. The Kier molecular flexibility index (Phi) is 4.88. The number of hydrogen-bond donors (Lipinski definition) is 1. The number of fused-ring (bicyclic) bond motifs is 1. The van der Waals surface area contributed by atoms with E-state index in [1.165, 1.54) is 17.3 Å². The Hall–Kier alpha value is -2.94. The third-order valence-electron chi connectivity index (χ3n) is 4.34. The van der Waals surface area contributed by atoms with E-state index in [2.05, 4.69) is 9.97 Å². The predicted octanol–water partition coefficient (Wildman–Crippen LogP) is 3.26. The molecule has 2 heterocycles. The molecule has 2 aromatic heterocycles. The summed E-state index contributed by atoms with van der Waals surface area (Å²) in [6, 6.07) is 8.11. The quantitative estimate of drug-likeness (QED) is 0.718. The molecule has 0 aliphatic heterocycles. The van der Waals surface area contributed by atoms with Crippen molar-refractivity contribution in [3.8, 4) is 0 Å². The van der Waals surface area contributed by atoms with Gasteiger partial charge >= 0.3 is 6.09 Å². The molecule has 0 saturated carbocycles. The minimum Gasteiger partial charge on any atom is -0.465 e. The maximum absolute atomic E-state index is 12.9. The van der Waals surface area contributed by atoms with Gasteiger partial charge in [0, 0.05) is 11.7 Å². The molecule has 8 nitrogen and oxygen atoms in total. The highest BCUT2D eigenvalue weighted by atomic mass is 32.2. The van der Waals surface area contributed by atoms with E-state index in [4.69, 9.17) is 0 Å². The molecule has 1 aromatic carbocycles. The van der Waals surface area contributed by atoms with Crippen LogP contribution in [0.3, 0.4) is 0 Å². The van der Waals surface area contributed by atoms with Crippen LogP contribution < -0.4 is 0 Å². The van der Waals surface area contributed by atoms with E-state index in [1.807, 2.05) is 6.92 Å². The number of carbonyl (C=O) groups is 1. The Labute approximate surface area is 163 Å². The molecule has 0 aliphatic rings. The highest BCUT2D eigenvalue weighted by molar-refractivity contribution is 7.90. The summed E-state index contributed by atoms with van der Waals surface area (Å²) in [5, 5.41) is 9.43. The summed E-state index contributed by atoms with van der Waals surface area (Å²) in [7, 11) is -3.80. The van der Waals surface area contributed by atoms with Crippen molar-refractivity contribution in [2.24, 2.45) is 0 Å². The largest absolute Gasteiger partial charge is 0.465 e. The van der Waals surface area contributed by atoms with Gasteiger partial charge in [-0.1, -0.05) is 17.7 Å². The first-order chi connectivity index (χ1) is 13.0. The maximum atomic E-state index is 12.9. The molecule has 0 saturated heterocycles. The van der Waals surface area contributed by atoms with Gasteiger partial charge in [-0.3, -0.25) is 4.90 Å². The summed E-state index contributed by atoms with van der Waals surface area (Å²) in [6.45, 7) is 7.30. The van der Waals surface area contributed by atoms with Gasteiger partial charge in [0.2, 0.25) is 0 Å². The van der Waals surface area contributed by atoms with E-state index in [-0.39, 0.29) is 17.1 Å². The van der Waals surface area contributed by atoms with E-state index in [1.54, 1.807) is 51.1 Å². The smallest absolute Gasteiger partial charge is 0.408 e. The molecule has 148 valence electrons. The number of aryl methyl sites for hydroxylation is 1. The second-order valence-electron chi connectivity index (χ2n) is 7.54. The van der Waals surface area contributed by atoms with E-state index in [9.17, 15) is 18.3 Å². The van der Waals surface area contributed by atoms with E-state index < -0.39 is 21.7 Å². The lowest BCUT2D eigenvalue weighted by Crippen LogP contribution is -2.44. The second-order valence-corrected chi connectivity index (χ2v) is 9.35. The van der Waals surface area contributed by atoms with Crippen LogP contribution in [0, 0.1) is 6.92 Å². The van der Waals surface area contributed by atoms with Gasteiger partial charge in [-0.15, -0.1) is 0 Å². The van der Waals surface area contributed by atoms with Crippen LogP contribution in [0.5, 0.6) is 0 Å². The Bertz CT molecular complexity index is 1130. The molecule has 1 N–H and O–H groups in total. The summed E-state index contributed by atoms with van der Waals surface area (Å²) in [6.07, 6.45) is 1.75. The molecule has 28 heavy (non-hydrogen) atoms. The normalized spacial score (nSPS) is 12.3. The van der Waals surface area contributed by atoms with Crippen LogP contribution in [-0.4, -0.2) is 44.0 Å². The molecule has 0 spiro atoms. The average Bonchev–Trinajstić information content (AvgIpc) is 3.02. The van der Waals surface area contributed by atoms with Crippen LogP contribution >= 0.6 is 0 Å². The van der Waals surface area contributed by atoms with Crippen LogP contribution in [-0.2, 0) is 16.6 Å². The van der Waals surface area contributed by atoms with E-state index in [0.29, 0.717) is 11.2 Å². The topological polar surface area (TPSA) is 105 Å². The van der Waals surface area contributed by atoms with Gasteiger partial charge in [0.15, 0.2) is 5.65 Å². The molecule has 1 amide bonds. The van der Waals surface area contributed by atoms with Crippen molar-refractivity contribution in [2.75, 3.05) is 0 Å². The molecule has 0 unspecified atom stereocenters. The average molecular weight is 402 g/mol. The molecular weight excluding hydrogens is 380 g/mol. The first-order valence-electron chi connectivity index (χ1n) is 8.66. The van der Waals surface area contributed by atoms with Crippen LogP contribution in [0.25, 0.3) is 11.2 Å². The molecule has 0 radical (unpaired) electrons. The summed E-state index contributed by atoms with van der Waals surface area (Å²) in [5.74, 6) is 0. The fraction of sp³-hybridized carbons (Fsp3) is 0.316. The van der Waals surface area contributed by atoms with Crippen LogP contribution in [0.2, 0.25) is 0 Å². The number of benzene rings is 1. The van der Waals surface area contributed by atoms with Crippen molar-refractivity contribution in [1.29, 1.82) is 0 Å². The first kappa shape index (κ1) is 19.8. The van der Waals surface area contributed by atoms with Gasteiger partial charge in [-0.05, 0) is 45.9 Å². The Morgan fingerprint density at radius 2 is 1.82 bits per heavy atom. The zero-order valence-electron chi connectivity index (χ0n) is 16.1. The summed E-state index contributed by atoms with van der Waals surface area (Å²) < 4.78 is 26.9. The van der Waals surface area contributed by atoms with Crippen LogP contribution in [0.15, 0.2) is 47.6 Å². The fourth-order valence-corrected chi connectivity index (χ4v) is 4.07. The zero-order valence-corrected chi connectivity index (χ0v) is 16.9. The molecule has 9 heteroatoms. The predicted molar refractivity (Wildman–Crippen MR) is 105 cm³/mol. The molecule has 0 bridgehead atoms. The Balaban J connectivity index is 1.99. The number of aromatic nitrogens is 3. The third-order valence-corrected chi connectivity index (χ3v) is 6.02. The monoisotopic (exact) mass is 402 g/mol. The Morgan fingerprint density at radius 3 is 2.39 bits per heavy atom. The summed E-state index contributed by atoms with van der Waals surface area (Å²) >= 11 is 0. The van der Waals surface area contributed by atoms with Crippen LogP contribution in [0.4, 0.5) is 4.79 Å². The highest BCUT2D eigenvalue weighted by Gasteiger charge is 2.27. The summed E-state index contributed by atoms with van der Waals surface area (Å²) in [4.78, 5) is 21.6. The van der Waals surface area contributed by atoms with Crippen molar-refractivity contribution in [1.82, 2.24) is 18.8 Å². The SMILES string of the molecule is Cc1ccc(S(=O)(=O)n2ccc3nc(CN(C(=O)O)C(C)(C)C)cnc32)cc1. The van der Waals surface area contributed by atoms with Crippen molar-refractivity contribution in [3.63, 3.8) is 0 Å². The lowest BCUT2D eigenvalue weighted by atomic mass is 10.1. The van der Waals surface area contributed by atoms with E-state index >= 15 is 0 Å². The van der Waals surface area contributed by atoms with Gasteiger partial charge in [0.25, 0.3) is 10.0 Å². The van der Waals surface area contributed by atoms with Crippen molar-refractivity contribution >= 4 is 27.3 Å². The molecule has 3 rings (SSSR count). The number of amides is 1. The molecule has 0 atom stereocenters. The minimum atomic E-state index is -3.80.